The van der Waals surface area contributed by atoms with Crippen LogP contribution in [0.25, 0.3) is 22.4 Å². The highest BCUT2D eigenvalue weighted by atomic mass is 19.1. The molecule has 0 fully saturated rings. The Labute approximate surface area is 629 Å². The maximum Gasteiger partial charge on any atom is 0.305 e. The number of pyridine rings is 1. The number of H-pyrrole nitrogens is 1. The number of carboxylic acid groups (broad SMARTS) is 2. The quantitative estimate of drug-likeness (QED) is 0.0206. The summed E-state index contributed by atoms with van der Waals surface area (Å²) in [5.41, 5.74) is 11.6. The standard InChI is InChI=1S/C74H91F2N15O19/c1-8-42-29-46(110-7)22-23-47(42)43-20-17-40(18-21-43)27-55(66(103)83-54(63(78)100)28-41-19-24-52(80-33-41)48-14-10-12-16-50(48)76)84-67(104)56(31-60(98)99)85-68(105)57(36-92)86-69(106)61(38(2)93)89-72(109)74(6,32-44-13-9-11-15-49(44)75)91-70(107)62(39(3)94)88-58(95)35-81-65(102)53(25-26-59(96)97)87-71(108)73(4,5)90-64(101)51(77)30-45-34-79-37-82-45/h9-24,29,33-34,37-39,51,53-57,61-62,92-94H,8,25-28,30-32,35-36,77H2,1-7H3,(H2,78,100)(H,79,82)(H,81,102)(H,83,103)(H,84,104)(H,85,105)(H,86,106)(H,87,108)(H,88,95)(H,89,109)(H,90,101)(H,91,107)(H,96,97)(H,98,99)/t38?,39?,51-,53-,54-,55-,56-,57-,61-,62-,74-/m0/s1. The summed E-state index contributed by atoms with van der Waals surface area (Å²) in [7, 11) is 1.53. The third-order valence-corrected chi connectivity index (χ3v) is 17.5. The van der Waals surface area contributed by atoms with Crippen molar-refractivity contribution in [1.29, 1.82) is 0 Å². The molecule has 6 aromatic rings. The van der Waals surface area contributed by atoms with Crippen LogP contribution in [0.5, 0.6) is 5.75 Å². The van der Waals surface area contributed by atoms with Gasteiger partial charge < -0.3 is 99.9 Å². The fraction of sp³-hybridized carbons (Fsp3) is 0.392. The van der Waals surface area contributed by atoms with E-state index in [1.54, 1.807) is 36.4 Å². The lowest BCUT2D eigenvalue weighted by Gasteiger charge is -2.34. The molecule has 0 spiro atoms. The highest BCUT2D eigenvalue weighted by Crippen LogP contribution is 2.29. The maximum absolute atomic E-state index is 15.5. The second-order valence-electron chi connectivity index (χ2n) is 26.7. The molecule has 20 N–H and O–H groups in total. The number of nitrogens with one attached hydrogen (secondary N) is 11. The largest absolute Gasteiger partial charge is 0.497 e. The van der Waals surface area contributed by atoms with Crippen LogP contribution >= 0.6 is 0 Å². The lowest BCUT2D eigenvalue weighted by atomic mass is 9.90. The van der Waals surface area contributed by atoms with Gasteiger partial charge in [-0.25, -0.2) is 13.8 Å². The van der Waals surface area contributed by atoms with Crippen molar-refractivity contribution < 1.29 is 101 Å². The number of aromatic amines is 1. The van der Waals surface area contributed by atoms with E-state index in [2.05, 4.69) is 68.1 Å². The number of amides is 11. The summed E-state index contributed by atoms with van der Waals surface area (Å²) in [5, 5.41) is 74.9. The van der Waals surface area contributed by atoms with Crippen LogP contribution in [0.1, 0.15) is 88.8 Å². The van der Waals surface area contributed by atoms with Gasteiger partial charge in [-0.2, -0.15) is 0 Å². The second-order valence-corrected chi connectivity index (χ2v) is 26.7. The molecule has 2 aromatic heterocycles. The Morgan fingerprint density at radius 3 is 1.77 bits per heavy atom. The van der Waals surface area contributed by atoms with Crippen molar-refractivity contribution in [2.24, 2.45) is 11.5 Å². The van der Waals surface area contributed by atoms with E-state index >= 15 is 4.39 Å². The number of ether oxygens (including phenoxy) is 1. The van der Waals surface area contributed by atoms with Crippen LogP contribution < -0.4 is 69.4 Å². The SMILES string of the molecule is CCc1cc(OC)ccc1-c1ccc(C[C@H](NC(=O)[C@H](CC(=O)O)NC(=O)[C@H](CO)NC(=O)[C@@H](NC(=O)[C@](C)(Cc2ccccc2F)NC(=O)[C@@H](NC(=O)CNC(=O)[C@H](CCC(=O)O)NC(=O)C(C)(C)NC(=O)[C@@H](N)Cc2c[nH]cn2)C(C)O)C(C)O)C(=O)N[C@@H](Cc2ccc(-c3ccccc3F)nc2)C(N)=O)cc1. The first-order chi connectivity index (χ1) is 52.0. The highest BCUT2D eigenvalue weighted by Gasteiger charge is 2.43. The number of carboxylic acids is 2. The molecular weight excluding hydrogens is 1440 g/mol. The number of carbonyl (C=O) groups excluding carboxylic acids is 11. The van der Waals surface area contributed by atoms with Crippen molar-refractivity contribution >= 4 is 76.9 Å². The molecule has 11 amide bonds. The number of aliphatic carboxylic acids is 2. The van der Waals surface area contributed by atoms with E-state index in [-0.39, 0.29) is 36.1 Å². The highest BCUT2D eigenvalue weighted by molar-refractivity contribution is 6.01. The Kier molecular flexibility index (Phi) is 31.7. The zero-order chi connectivity index (χ0) is 81.3. The fourth-order valence-electron chi connectivity index (χ4n) is 11.3. The van der Waals surface area contributed by atoms with Gasteiger partial charge in [-0.05, 0) is 117 Å². The number of hydrogen-bond acceptors (Lipinski definition) is 20. The van der Waals surface area contributed by atoms with Crippen LogP contribution in [-0.4, -0.2) is 209 Å². The van der Waals surface area contributed by atoms with Gasteiger partial charge in [0.25, 0.3) is 0 Å². The van der Waals surface area contributed by atoms with Crippen molar-refractivity contribution in [2.75, 3.05) is 20.3 Å². The smallest absolute Gasteiger partial charge is 0.305 e. The molecule has 0 aliphatic carbocycles. The maximum atomic E-state index is 15.5. The molecule has 36 heteroatoms. The van der Waals surface area contributed by atoms with Gasteiger partial charge >= 0.3 is 11.9 Å². The fourth-order valence-corrected chi connectivity index (χ4v) is 11.3. The number of rotatable bonds is 41. The summed E-state index contributed by atoms with van der Waals surface area (Å²) >= 11 is 0. The van der Waals surface area contributed by atoms with Crippen LogP contribution in [0.4, 0.5) is 8.78 Å². The van der Waals surface area contributed by atoms with E-state index in [0.717, 1.165) is 43.5 Å². The topological polar surface area (TPSA) is 546 Å². The predicted octanol–water partition coefficient (Wildman–Crippen LogP) is -1.56. The first kappa shape index (κ1) is 86.8. The van der Waals surface area contributed by atoms with E-state index in [1.807, 2.05) is 19.1 Å². The van der Waals surface area contributed by atoms with Crippen LogP contribution in [-0.2, 0) is 94.4 Å². The molecule has 0 bridgehead atoms. The number of aryl methyl sites for hydroxylation is 1. The summed E-state index contributed by atoms with van der Waals surface area (Å²) in [5.74, 6) is -17.0. The van der Waals surface area contributed by atoms with E-state index < -0.39 is 199 Å². The van der Waals surface area contributed by atoms with Crippen molar-refractivity contribution in [2.45, 2.75) is 165 Å². The minimum Gasteiger partial charge on any atom is -0.497 e. The number of primary amides is 1. The van der Waals surface area contributed by atoms with Gasteiger partial charge in [0, 0.05) is 50.1 Å². The van der Waals surface area contributed by atoms with E-state index in [4.69, 9.17) is 16.2 Å². The molecule has 0 aliphatic rings. The summed E-state index contributed by atoms with van der Waals surface area (Å²) in [4.78, 5) is 188. The number of nitrogens with zero attached hydrogens (tertiary/aromatic N) is 2. The zero-order valence-corrected chi connectivity index (χ0v) is 61.1. The number of nitrogens with two attached hydrogens (primary N) is 2. The first-order valence-electron chi connectivity index (χ1n) is 34.6. The van der Waals surface area contributed by atoms with Gasteiger partial charge in [0.15, 0.2) is 0 Å². The Bertz CT molecular complexity index is 4280. The van der Waals surface area contributed by atoms with Gasteiger partial charge in [-0.1, -0.05) is 73.7 Å². The lowest BCUT2D eigenvalue weighted by molar-refractivity contribution is -0.142. The van der Waals surface area contributed by atoms with Gasteiger partial charge in [0.2, 0.25) is 65.0 Å². The molecule has 6 rings (SSSR count). The van der Waals surface area contributed by atoms with Crippen molar-refractivity contribution in [3.8, 4) is 28.1 Å². The van der Waals surface area contributed by atoms with Gasteiger partial charge in [-0.15, -0.1) is 0 Å². The molecule has 0 saturated heterocycles. The Hall–Kier alpha value is -12.2. The minimum absolute atomic E-state index is 0.0207. The zero-order valence-electron chi connectivity index (χ0n) is 61.1. The molecule has 0 radical (unpaired) electrons. The van der Waals surface area contributed by atoms with Crippen LogP contribution in [0.2, 0.25) is 0 Å². The molecule has 34 nitrogen and oxygen atoms in total. The average molecular weight is 1530 g/mol. The number of benzene rings is 4. The number of hydrogen-bond donors (Lipinski definition) is 18. The molecule has 2 heterocycles. The van der Waals surface area contributed by atoms with Crippen LogP contribution in [0.3, 0.4) is 0 Å². The van der Waals surface area contributed by atoms with Crippen LogP contribution in [0.15, 0.2) is 122 Å². The van der Waals surface area contributed by atoms with Gasteiger partial charge in [0.05, 0.1) is 62.6 Å². The number of imidazole rings is 1. The molecule has 2 unspecified atom stereocenters. The first-order valence-corrected chi connectivity index (χ1v) is 34.6. The van der Waals surface area contributed by atoms with Crippen LogP contribution in [0, 0.1) is 11.6 Å². The summed E-state index contributed by atoms with van der Waals surface area (Å²) in [6.07, 6.45) is -2.73. The third-order valence-electron chi connectivity index (χ3n) is 17.5. The molecule has 590 valence electrons. The molecule has 4 aromatic carbocycles. The molecular formula is C74H91F2N15O19. The molecule has 0 aliphatic heterocycles. The lowest BCUT2D eigenvalue weighted by Crippen LogP contribution is -2.67. The minimum atomic E-state index is -2.44. The molecule has 11 atom stereocenters. The summed E-state index contributed by atoms with van der Waals surface area (Å²) < 4.78 is 35.5. The van der Waals surface area contributed by atoms with E-state index in [0.29, 0.717) is 29.0 Å². The van der Waals surface area contributed by atoms with Crippen molar-refractivity contribution in [1.82, 2.24) is 68.1 Å². The number of carbonyl (C=O) groups is 13. The van der Waals surface area contributed by atoms with Crippen molar-refractivity contribution in [3.63, 3.8) is 0 Å². The Morgan fingerprint density at radius 1 is 0.591 bits per heavy atom. The normalized spacial score (nSPS) is 14.5. The third kappa shape index (κ3) is 25.2. The number of aromatic nitrogens is 3. The number of aliphatic hydroxyl groups is 3. The number of methoxy groups -OCH3 is 1. The van der Waals surface area contributed by atoms with Crippen molar-refractivity contribution in [3.05, 3.63) is 161 Å². The van der Waals surface area contributed by atoms with Gasteiger partial charge in [-0.3, -0.25) is 67.3 Å². The number of aliphatic hydroxyl groups excluding tert-OH is 3. The summed E-state index contributed by atoms with van der Waals surface area (Å²) in [6, 6.07) is 11.6. The number of halogens is 2. The van der Waals surface area contributed by atoms with E-state index in [1.165, 1.54) is 88.2 Å². The molecule has 110 heavy (non-hydrogen) atoms. The summed E-state index contributed by atoms with van der Waals surface area (Å²) in [6.45, 7) is 5.23. The van der Waals surface area contributed by atoms with Gasteiger partial charge in [0.1, 0.15) is 70.8 Å². The van der Waals surface area contributed by atoms with E-state index in [9.17, 15) is 92.3 Å². The monoisotopic (exact) mass is 1530 g/mol. The molecule has 0 saturated carbocycles. The Balaban J connectivity index is 1.17. The predicted molar refractivity (Wildman–Crippen MR) is 389 cm³/mol. The average Bonchev–Trinajstić information content (AvgIpc) is 1.10. The second kappa shape index (κ2) is 40.2. The Morgan fingerprint density at radius 2 is 1.19 bits per heavy atom.